The van der Waals surface area contributed by atoms with E-state index in [0.717, 1.165) is 10.6 Å². The molecule has 1 heterocycles. The number of nitrogens with zero attached hydrogens (tertiary/aromatic N) is 1. The van der Waals surface area contributed by atoms with Crippen molar-refractivity contribution >= 4 is 28.8 Å². The van der Waals surface area contributed by atoms with Gasteiger partial charge >= 0.3 is 0 Å². The summed E-state index contributed by atoms with van der Waals surface area (Å²) in [6.07, 6.45) is 0. The van der Waals surface area contributed by atoms with Gasteiger partial charge in [0.15, 0.2) is 0 Å². The smallest absolute Gasteiger partial charge is 0.275 e. The van der Waals surface area contributed by atoms with Crippen molar-refractivity contribution in [2.75, 3.05) is 12.4 Å². The van der Waals surface area contributed by atoms with E-state index in [4.69, 9.17) is 0 Å². The second-order valence-electron chi connectivity index (χ2n) is 6.43. The summed E-state index contributed by atoms with van der Waals surface area (Å²) in [6, 6.07) is 15.0. The van der Waals surface area contributed by atoms with E-state index in [1.807, 2.05) is 12.1 Å². The quantitative estimate of drug-likeness (QED) is 0.683. The zero-order chi connectivity index (χ0) is 19.4. The Labute approximate surface area is 162 Å². The number of carbonyl (C=O) groups is 2. The van der Waals surface area contributed by atoms with Crippen LogP contribution in [0.3, 0.4) is 0 Å². The molecule has 0 saturated heterocycles. The van der Waals surface area contributed by atoms with Crippen molar-refractivity contribution in [3.63, 3.8) is 0 Å². The molecule has 0 spiro atoms. The SMILES string of the molecule is CNC(=O)c1cccc(NC(=O)c2csc(-c3ccc(C(C)C)cc3)n2)c1. The first-order valence-corrected chi connectivity index (χ1v) is 9.55. The number of nitrogens with one attached hydrogen (secondary N) is 2. The third-order valence-electron chi connectivity index (χ3n) is 4.17. The molecule has 138 valence electrons. The lowest BCUT2D eigenvalue weighted by molar-refractivity contribution is 0.0961. The van der Waals surface area contributed by atoms with Crippen LogP contribution in [0.1, 0.15) is 46.2 Å². The van der Waals surface area contributed by atoms with Crippen LogP contribution < -0.4 is 10.6 Å². The van der Waals surface area contributed by atoms with Gasteiger partial charge in [-0.05, 0) is 29.7 Å². The largest absolute Gasteiger partial charge is 0.355 e. The van der Waals surface area contributed by atoms with Gasteiger partial charge in [0.05, 0.1) is 0 Å². The predicted octanol–water partition coefficient (Wildman–Crippen LogP) is 4.55. The number of amides is 2. The Morgan fingerprint density at radius 2 is 1.78 bits per heavy atom. The molecular formula is C21H21N3O2S. The summed E-state index contributed by atoms with van der Waals surface area (Å²) in [7, 11) is 1.57. The second-order valence-corrected chi connectivity index (χ2v) is 7.29. The van der Waals surface area contributed by atoms with Gasteiger partial charge in [0.2, 0.25) is 0 Å². The molecule has 5 nitrogen and oxygen atoms in total. The highest BCUT2D eigenvalue weighted by molar-refractivity contribution is 7.13. The zero-order valence-corrected chi connectivity index (χ0v) is 16.3. The molecule has 0 aliphatic carbocycles. The van der Waals surface area contributed by atoms with E-state index in [-0.39, 0.29) is 11.8 Å². The van der Waals surface area contributed by atoms with Crippen LogP contribution in [0.2, 0.25) is 0 Å². The van der Waals surface area contributed by atoms with E-state index in [9.17, 15) is 9.59 Å². The number of rotatable bonds is 5. The van der Waals surface area contributed by atoms with Crippen LogP contribution in [0.4, 0.5) is 5.69 Å². The van der Waals surface area contributed by atoms with Gasteiger partial charge < -0.3 is 10.6 Å². The standard InChI is InChI=1S/C21H21N3O2S/c1-13(2)14-7-9-15(10-8-14)21-24-18(12-27-21)20(26)23-17-6-4-5-16(11-17)19(25)22-3/h4-13H,1-3H3,(H,22,25)(H,23,26). The first-order valence-electron chi connectivity index (χ1n) is 8.67. The second kappa shape index (κ2) is 8.14. The maximum Gasteiger partial charge on any atom is 0.275 e. The fourth-order valence-electron chi connectivity index (χ4n) is 2.60. The molecule has 0 aliphatic heterocycles. The monoisotopic (exact) mass is 379 g/mol. The summed E-state index contributed by atoms with van der Waals surface area (Å²) in [4.78, 5) is 28.7. The Hall–Kier alpha value is -2.99. The highest BCUT2D eigenvalue weighted by atomic mass is 32.1. The van der Waals surface area contributed by atoms with Crippen LogP contribution in [0.15, 0.2) is 53.9 Å². The highest BCUT2D eigenvalue weighted by Gasteiger charge is 2.13. The average molecular weight is 379 g/mol. The Morgan fingerprint density at radius 1 is 1.04 bits per heavy atom. The molecule has 2 amide bonds. The first-order chi connectivity index (χ1) is 13.0. The van der Waals surface area contributed by atoms with Gasteiger partial charge in [0.25, 0.3) is 11.8 Å². The lowest BCUT2D eigenvalue weighted by atomic mass is 10.0. The molecule has 3 rings (SSSR count). The van der Waals surface area contributed by atoms with E-state index >= 15 is 0 Å². The molecule has 0 fully saturated rings. The third-order valence-corrected chi connectivity index (χ3v) is 5.06. The zero-order valence-electron chi connectivity index (χ0n) is 15.4. The lowest BCUT2D eigenvalue weighted by Gasteiger charge is -2.06. The molecule has 0 bridgehead atoms. The van der Waals surface area contributed by atoms with E-state index in [0.29, 0.717) is 22.9 Å². The number of thiazole rings is 1. The van der Waals surface area contributed by atoms with Gasteiger partial charge in [-0.25, -0.2) is 4.98 Å². The summed E-state index contributed by atoms with van der Waals surface area (Å²) in [5.74, 6) is -0.0283. The van der Waals surface area contributed by atoms with Crippen LogP contribution in [-0.4, -0.2) is 23.8 Å². The maximum absolute atomic E-state index is 12.5. The summed E-state index contributed by atoms with van der Waals surface area (Å²) in [5, 5.41) is 7.90. The van der Waals surface area contributed by atoms with Crippen molar-refractivity contribution in [3.05, 3.63) is 70.7 Å². The number of benzene rings is 2. The molecule has 0 atom stereocenters. The molecule has 3 aromatic rings. The molecule has 2 aromatic carbocycles. The van der Waals surface area contributed by atoms with Gasteiger partial charge in [0.1, 0.15) is 10.7 Å². The highest BCUT2D eigenvalue weighted by Crippen LogP contribution is 2.26. The number of anilines is 1. The minimum Gasteiger partial charge on any atom is -0.355 e. The van der Waals surface area contributed by atoms with Crippen LogP contribution in [0.25, 0.3) is 10.6 Å². The van der Waals surface area contributed by atoms with Crippen LogP contribution in [0.5, 0.6) is 0 Å². The molecule has 0 aliphatic rings. The molecular weight excluding hydrogens is 358 g/mol. The van der Waals surface area contributed by atoms with E-state index in [1.54, 1.807) is 36.7 Å². The van der Waals surface area contributed by atoms with E-state index < -0.39 is 0 Å². The van der Waals surface area contributed by atoms with Crippen LogP contribution in [-0.2, 0) is 0 Å². The van der Waals surface area contributed by atoms with Crippen molar-refractivity contribution in [2.24, 2.45) is 0 Å². The Balaban J connectivity index is 1.74. The summed E-state index contributed by atoms with van der Waals surface area (Å²) in [6.45, 7) is 4.31. The molecule has 6 heteroatoms. The number of aromatic nitrogens is 1. The number of hydrogen-bond donors (Lipinski definition) is 2. The summed E-state index contributed by atoms with van der Waals surface area (Å²) < 4.78 is 0. The summed E-state index contributed by atoms with van der Waals surface area (Å²) >= 11 is 1.43. The predicted molar refractivity (Wildman–Crippen MR) is 109 cm³/mol. The minimum absolute atomic E-state index is 0.202. The van der Waals surface area contributed by atoms with Gasteiger partial charge in [-0.15, -0.1) is 11.3 Å². The van der Waals surface area contributed by atoms with Gasteiger partial charge in [-0.1, -0.05) is 44.2 Å². The van der Waals surface area contributed by atoms with Gasteiger partial charge in [-0.3, -0.25) is 9.59 Å². The van der Waals surface area contributed by atoms with E-state index in [2.05, 4.69) is 41.6 Å². The maximum atomic E-state index is 12.5. The van der Waals surface area contributed by atoms with Crippen LogP contribution in [0, 0.1) is 0 Å². The molecule has 27 heavy (non-hydrogen) atoms. The minimum atomic E-state index is -0.301. The van der Waals surface area contributed by atoms with Gasteiger partial charge in [-0.2, -0.15) is 0 Å². The molecule has 0 radical (unpaired) electrons. The normalized spacial score (nSPS) is 10.7. The fraction of sp³-hybridized carbons (Fsp3) is 0.190. The topological polar surface area (TPSA) is 71.1 Å². The fourth-order valence-corrected chi connectivity index (χ4v) is 3.41. The molecule has 2 N–H and O–H groups in total. The molecule has 1 aromatic heterocycles. The molecule has 0 saturated carbocycles. The average Bonchev–Trinajstić information content (AvgIpc) is 3.18. The molecule has 0 unspecified atom stereocenters. The number of carbonyl (C=O) groups excluding carboxylic acids is 2. The van der Waals surface area contributed by atoms with Crippen LogP contribution >= 0.6 is 11.3 Å². The summed E-state index contributed by atoms with van der Waals surface area (Å²) in [5.41, 5.74) is 3.65. The van der Waals surface area contributed by atoms with Crippen molar-refractivity contribution in [1.29, 1.82) is 0 Å². The van der Waals surface area contributed by atoms with Crippen molar-refractivity contribution < 1.29 is 9.59 Å². The van der Waals surface area contributed by atoms with Gasteiger partial charge in [0, 0.05) is 29.2 Å². The van der Waals surface area contributed by atoms with Crippen molar-refractivity contribution in [1.82, 2.24) is 10.3 Å². The Kier molecular flexibility index (Phi) is 5.66. The van der Waals surface area contributed by atoms with Crippen molar-refractivity contribution in [3.8, 4) is 10.6 Å². The Bertz CT molecular complexity index is 962. The lowest BCUT2D eigenvalue weighted by Crippen LogP contribution is -2.18. The van der Waals surface area contributed by atoms with Crippen molar-refractivity contribution in [2.45, 2.75) is 19.8 Å². The third kappa shape index (κ3) is 4.41. The van der Waals surface area contributed by atoms with E-state index in [1.165, 1.54) is 16.9 Å². The number of hydrogen-bond acceptors (Lipinski definition) is 4. The Morgan fingerprint density at radius 3 is 2.44 bits per heavy atom. The first kappa shape index (κ1) is 18.8.